The molecule has 0 spiro atoms. The molecule has 2 atom stereocenters. The normalized spacial score (nSPS) is 12.8. The number of aliphatic hydroxyl groups is 2. The van der Waals surface area contributed by atoms with Crippen molar-refractivity contribution in [3.8, 4) is 0 Å². The number of nitrogens with one attached hydrogen (secondary N) is 1. The summed E-state index contributed by atoms with van der Waals surface area (Å²) in [6.45, 7) is 4.91. The number of allylic oxidation sites excluding steroid dienone is 5. The average molecular weight is 1010 g/mol. The van der Waals surface area contributed by atoms with E-state index < -0.39 is 12.1 Å². The largest absolute Gasteiger partial charge is 0.466 e. The number of amides is 1. The maximum Gasteiger partial charge on any atom is 0.305 e. The summed E-state index contributed by atoms with van der Waals surface area (Å²) in [6.07, 6.45) is 77.6. The summed E-state index contributed by atoms with van der Waals surface area (Å²) in [5.41, 5.74) is 0. The highest BCUT2D eigenvalue weighted by molar-refractivity contribution is 5.76. The Morgan fingerprint density at radius 2 is 0.653 bits per heavy atom. The highest BCUT2D eigenvalue weighted by Gasteiger charge is 2.18. The fourth-order valence-corrected chi connectivity index (χ4v) is 9.92. The van der Waals surface area contributed by atoms with Crippen LogP contribution in [0.5, 0.6) is 0 Å². The number of carbonyl (C=O) groups is 2. The van der Waals surface area contributed by atoms with Gasteiger partial charge in [-0.05, 0) is 83.5 Å². The zero-order valence-electron chi connectivity index (χ0n) is 48.4. The van der Waals surface area contributed by atoms with E-state index in [1.165, 1.54) is 276 Å². The van der Waals surface area contributed by atoms with Crippen LogP contribution in [0, 0.1) is 0 Å². The van der Waals surface area contributed by atoms with E-state index in [1.54, 1.807) is 6.08 Å². The topological polar surface area (TPSA) is 95.9 Å². The van der Waals surface area contributed by atoms with E-state index in [-0.39, 0.29) is 18.5 Å². The molecule has 6 heteroatoms. The summed E-state index contributed by atoms with van der Waals surface area (Å²) in [5.74, 6) is -0.0629. The second-order valence-corrected chi connectivity index (χ2v) is 22.1. The SMILES string of the molecule is CCCCCCCC/C=C\CCCCCCCCCC(=O)OCCCCCCCCCCCCCC/C=C\CCCCCCCCCCC(=O)NC(CO)C(O)/C=C/CCCCCCCCCCCCCC. The second kappa shape index (κ2) is 61.6. The molecule has 424 valence electrons. The molecule has 0 aromatic rings. The highest BCUT2D eigenvalue weighted by Crippen LogP contribution is 2.17. The van der Waals surface area contributed by atoms with Crippen LogP contribution in [0.25, 0.3) is 0 Å². The summed E-state index contributed by atoms with van der Waals surface area (Å²) < 4.78 is 5.49. The number of rotatable bonds is 60. The fraction of sp³-hybridized carbons (Fsp3) is 0.879. The summed E-state index contributed by atoms with van der Waals surface area (Å²) in [5, 5.41) is 23.1. The standard InChI is InChI=1S/C66H125NO5/c1-3-5-7-9-11-13-15-17-19-28-32-36-40-44-48-52-56-60-66(71)72-61-57-53-49-45-41-37-33-30-27-25-23-21-20-22-24-26-29-31-35-39-43-47-51-55-59-65(70)67-63(62-68)64(69)58-54-50-46-42-38-34-18-16-14-12-10-8-6-4-2/h17,19,22,24,54,58,63-64,68-69H,3-16,18,20-21,23,25-53,55-57,59-62H2,1-2H3,(H,67,70)/b19-17-,24-22-,58-54+. The van der Waals surface area contributed by atoms with E-state index in [4.69, 9.17) is 4.74 Å². The molecule has 0 aromatic heterocycles. The van der Waals surface area contributed by atoms with Gasteiger partial charge < -0.3 is 20.3 Å². The van der Waals surface area contributed by atoms with Crippen molar-refractivity contribution in [3.63, 3.8) is 0 Å². The Kier molecular flexibility index (Phi) is 60.0. The van der Waals surface area contributed by atoms with Gasteiger partial charge in [0.1, 0.15) is 0 Å². The number of carbonyl (C=O) groups excluding carboxylic acids is 2. The Morgan fingerprint density at radius 3 is 0.986 bits per heavy atom. The van der Waals surface area contributed by atoms with Crippen molar-refractivity contribution in [2.75, 3.05) is 13.2 Å². The van der Waals surface area contributed by atoms with Crippen LogP contribution in [0.4, 0.5) is 0 Å². The number of hydrogen-bond acceptors (Lipinski definition) is 5. The van der Waals surface area contributed by atoms with Crippen LogP contribution in [-0.2, 0) is 14.3 Å². The Balaban J connectivity index is 3.41. The third kappa shape index (κ3) is 57.4. The van der Waals surface area contributed by atoms with Crippen LogP contribution < -0.4 is 5.32 Å². The van der Waals surface area contributed by atoms with Crippen LogP contribution in [0.1, 0.15) is 348 Å². The third-order valence-corrected chi connectivity index (χ3v) is 14.9. The van der Waals surface area contributed by atoms with Crippen molar-refractivity contribution >= 4 is 11.9 Å². The first kappa shape index (κ1) is 70.1. The molecule has 0 heterocycles. The van der Waals surface area contributed by atoms with Crippen molar-refractivity contribution in [2.45, 2.75) is 360 Å². The molecular weight excluding hydrogens is 887 g/mol. The van der Waals surface area contributed by atoms with Gasteiger partial charge in [-0.25, -0.2) is 0 Å². The van der Waals surface area contributed by atoms with Gasteiger partial charge in [0, 0.05) is 12.8 Å². The summed E-state index contributed by atoms with van der Waals surface area (Å²) >= 11 is 0. The molecular formula is C66H125NO5. The van der Waals surface area contributed by atoms with Crippen LogP contribution >= 0.6 is 0 Å². The molecule has 0 radical (unpaired) electrons. The van der Waals surface area contributed by atoms with Gasteiger partial charge in [-0.15, -0.1) is 0 Å². The minimum absolute atomic E-state index is 0.00882. The van der Waals surface area contributed by atoms with Gasteiger partial charge in [-0.2, -0.15) is 0 Å². The molecule has 0 rings (SSSR count). The Hall–Kier alpha value is -1.92. The predicted octanol–water partition coefficient (Wildman–Crippen LogP) is 20.4. The molecule has 0 bridgehead atoms. The van der Waals surface area contributed by atoms with Crippen LogP contribution in [0.3, 0.4) is 0 Å². The summed E-state index contributed by atoms with van der Waals surface area (Å²) in [6, 6.07) is -0.631. The first-order chi connectivity index (χ1) is 35.5. The van der Waals surface area contributed by atoms with Gasteiger partial charge >= 0.3 is 5.97 Å². The van der Waals surface area contributed by atoms with Crippen LogP contribution in [0.15, 0.2) is 36.5 Å². The lowest BCUT2D eigenvalue weighted by Gasteiger charge is -2.20. The lowest BCUT2D eigenvalue weighted by atomic mass is 10.0. The molecule has 6 nitrogen and oxygen atoms in total. The maximum atomic E-state index is 12.5. The van der Waals surface area contributed by atoms with Crippen molar-refractivity contribution < 1.29 is 24.5 Å². The smallest absolute Gasteiger partial charge is 0.305 e. The number of ether oxygens (including phenoxy) is 1. The zero-order chi connectivity index (χ0) is 52.2. The Labute approximate surface area is 449 Å². The lowest BCUT2D eigenvalue weighted by Crippen LogP contribution is -2.45. The lowest BCUT2D eigenvalue weighted by molar-refractivity contribution is -0.143. The molecule has 2 unspecified atom stereocenters. The zero-order valence-corrected chi connectivity index (χ0v) is 48.4. The van der Waals surface area contributed by atoms with Crippen molar-refractivity contribution in [1.82, 2.24) is 5.32 Å². The van der Waals surface area contributed by atoms with E-state index in [2.05, 4.69) is 43.5 Å². The minimum atomic E-state index is -0.847. The van der Waals surface area contributed by atoms with E-state index in [0.717, 1.165) is 44.9 Å². The minimum Gasteiger partial charge on any atom is -0.466 e. The van der Waals surface area contributed by atoms with Gasteiger partial charge in [0.05, 0.1) is 25.4 Å². The van der Waals surface area contributed by atoms with E-state index in [9.17, 15) is 19.8 Å². The maximum absolute atomic E-state index is 12.5. The third-order valence-electron chi connectivity index (χ3n) is 14.9. The van der Waals surface area contributed by atoms with Crippen molar-refractivity contribution in [3.05, 3.63) is 36.5 Å². The van der Waals surface area contributed by atoms with Crippen molar-refractivity contribution in [1.29, 1.82) is 0 Å². The molecule has 0 saturated carbocycles. The Morgan fingerprint density at radius 1 is 0.375 bits per heavy atom. The molecule has 0 aliphatic rings. The molecule has 0 saturated heterocycles. The molecule has 0 aromatic carbocycles. The van der Waals surface area contributed by atoms with Gasteiger partial charge in [-0.1, -0.05) is 288 Å². The molecule has 72 heavy (non-hydrogen) atoms. The molecule has 0 aliphatic heterocycles. The first-order valence-corrected chi connectivity index (χ1v) is 32.3. The van der Waals surface area contributed by atoms with Gasteiger partial charge in [-0.3, -0.25) is 9.59 Å². The number of unbranched alkanes of at least 4 members (excludes halogenated alkanes) is 45. The Bertz CT molecular complexity index is 1170. The first-order valence-electron chi connectivity index (χ1n) is 32.3. The average Bonchev–Trinajstić information content (AvgIpc) is 3.38. The van der Waals surface area contributed by atoms with Crippen LogP contribution in [-0.4, -0.2) is 47.4 Å². The fourth-order valence-electron chi connectivity index (χ4n) is 9.92. The van der Waals surface area contributed by atoms with E-state index in [1.807, 2.05) is 6.08 Å². The quantitative estimate of drug-likeness (QED) is 0.0320. The van der Waals surface area contributed by atoms with Crippen molar-refractivity contribution in [2.24, 2.45) is 0 Å². The van der Waals surface area contributed by atoms with Gasteiger partial charge in [0.15, 0.2) is 0 Å². The second-order valence-electron chi connectivity index (χ2n) is 22.1. The highest BCUT2D eigenvalue weighted by atomic mass is 16.5. The van der Waals surface area contributed by atoms with E-state index in [0.29, 0.717) is 19.4 Å². The van der Waals surface area contributed by atoms with E-state index >= 15 is 0 Å². The molecule has 3 N–H and O–H groups in total. The monoisotopic (exact) mass is 1010 g/mol. The number of hydrogen-bond donors (Lipinski definition) is 3. The molecule has 0 aliphatic carbocycles. The summed E-state index contributed by atoms with van der Waals surface area (Å²) in [7, 11) is 0. The summed E-state index contributed by atoms with van der Waals surface area (Å²) in [4.78, 5) is 24.5. The molecule has 1 amide bonds. The number of esters is 1. The predicted molar refractivity (Wildman–Crippen MR) is 315 cm³/mol. The number of aliphatic hydroxyl groups excluding tert-OH is 2. The van der Waals surface area contributed by atoms with Gasteiger partial charge in [0.2, 0.25) is 5.91 Å². The van der Waals surface area contributed by atoms with Crippen LogP contribution in [0.2, 0.25) is 0 Å². The van der Waals surface area contributed by atoms with Gasteiger partial charge in [0.25, 0.3) is 0 Å². The molecule has 0 fully saturated rings.